The molecule has 2 aromatic rings. The molecular weight excluding hydrogens is 366 g/mol. The summed E-state index contributed by atoms with van der Waals surface area (Å²) < 4.78 is 10.6. The number of nitrogens with one attached hydrogen (secondary N) is 1. The Hall–Kier alpha value is -2.53. The minimum Gasteiger partial charge on any atom is -0.494 e. The van der Waals surface area contributed by atoms with E-state index < -0.39 is 5.97 Å². The summed E-state index contributed by atoms with van der Waals surface area (Å²) >= 11 is 5.94. The van der Waals surface area contributed by atoms with Crippen molar-refractivity contribution in [2.75, 3.05) is 13.2 Å². The maximum absolute atomic E-state index is 11.9. The van der Waals surface area contributed by atoms with Gasteiger partial charge in [-0.2, -0.15) is 0 Å². The van der Waals surface area contributed by atoms with E-state index in [-0.39, 0.29) is 25.0 Å². The first kappa shape index (κ1) is 20.8. The summed E-state index contributed by atoms with van der Waals surface area (Å²) in [4.78, 5) is 23.6. The van der Waals surface area contributed by atoms with Gasteiger partial charge >= 0.3 is 5.97 Å². The van der Waals surface area contributed by atoms with Gasteiger partial charge in [0.15, 0.2) is 6.61 Å². The fourth-order valence-corrected chi connectivity index (χ4v) is 2.60. The molecule has 6 heteroatoms. The Morgan fingerprint density at radius 2 is 1.89 bits per heavy atom. The summed E-state index contributed by atoms with van der Waals surface area (Å²) in [5.74, 6) is -0.0110. The highest BCUT2D eigenvalue weighted by atomic mass is 35.5. The lowest BCUT2D eigenvalue weighted by atomic mass is 10.1. The van der Waals surface area contributed by atoms with Gasteiger partial charge in [-0.05, 0) is 50.1 Å². The summed E-state index contributed by atoms with van der Waals surface area (Å²) in [6.45, 7) is 3.96. The largest absolute Gasteiger partial charge is 0.494 e. The number of rotatable bonds is 9. The average Bonchev–Trinajstić information content (AvgIpc) is 2.65. The minimum atomic E-state index is -0.423. The van der Waals surface area contributed by atoms with Crippen molar-refractivity contribution in [1.29, 1.82) is 0 Å². The average molecular weight is 390 g/mol. The standard InChI is InChI=1S/C21H24ClNO4/c1-15-8-10-19(11-9-15)26-12-4-7-21(25)27-14-20(24)23-16(2)17-5-3-6-18(22)13-17/h3,5-6,8-11,13,16H,4,7,12,14H2,1-2H3,(H,23,24)/t16-/m1/s1. The topological polar surface area (TPSA) is 64.6 Å². The SMILES string of the molecule is Cc1ccc(OCCCC(=O)OCC(=O)N[C@H](C)c2cccc(Cl)c2)cc1. The normalized spacial score (nSPS) is 11.5. The number of carbonyl (C=O) groups excluding carboxylic acids is 2. The molecule has 0 saturated heterocycles. The zero-order chi connectivity index (χ0) is 19.6. The van der Waals surface area contributed by atoms with Crippen LogP contribution in [0.25, 0.3) is 0 Å². The molecule has 0 heterocycles. The number of hydrogen-bond donors (Lipinski definition) is 1. The van der Waals surface area contributed by atoms with Crippen molar-refractivity contribution in [1.82, 2.24) is 5.32 Å². The van der Waals surface area contributed by atoms with E-state index in [2.05, 4.69) is 5.32 Å². The van der Waals surface area contributed by atoms with Crippen LogP contribution < -0.4 is 10.1 Å². The van der Waals surface area contributed by atoms with E-state index in [9.17, 15) is 9.59 Å². The number of ether oxygens (including phenoxy) is 2. The Bertz CT molecular complexity index is 761. The third-order valence-corrected chi connectivity index (χ3v) is 4.14. The van der Waals surface area contributed by atoms with Gasteiger partial charge in [0.05, 0.1) is 12.6 Å². The molecule has 5 nitrogen and oxygen atoms in total. The lowest BCUT2D eigenvalue weighted by Gasteiger charge is -2.14. The maximum Gasteiger partial charge on any atom is 0.306 e. The third kappa shape index (κ3) is 7.71. The molecule has 1 amide bonds. The number of amides is 1. The third-order valence-electron chi connectivity index (χ3n) is 3.91. The Morgan fingerprint density at radius 1 is 1.15 bits per heavy atom. The summed E-state index contributed by atoms with van der Waals surface area (Å²) in [6.07, 6.45) is 0.718. The van der Waals surface area contributed by atoms with Crippen LogP contribution >= 0.6 is 11.6 Å². The first-order chi connectivity index (χ1) is 12.9. The smallest absolute Gasteiger partial charge is 0.306 e. The molecule has 0 fully saturated rings. The quantitative estimate of drug-likeness (QED) is 0.515. The predicted octanol–water partition coefficient (Wildman–Crippen LogP) is 4.23. The van der Waals surface area contributed by atoms with Crippen molar-refractivity contribution < 1.29 is 19.1 Å². The number of carbonyl (C=O) groups is 2. The first-order valence-electron chi connectivity index (χ1n) is 8.84. The van der Waals surface area contributed by atoms with E-state index >= 15 is 0 Å². The molecule has 2 rings (SSSR count). The molecule has 144 valence electrons. The summed E-state index contributed by atoms with van der Waals surface area (Å²) in [7, 11) is 0. The second-order valence-corrected chi connectivity index (χ2v) is 6.71. The number of esters is 1. The van der Waals surface area contributed by atoms with Gasteiger partial charge in [-0.15, -0.1) is 0 Å². The zero-order valence-corrected chi connectivity index (χ0v) is 16.3. The van der Waals surface area contributed by atoms with E-state index in [0.29, 0.717) is 18.1 Å². The van der Waals surface area contributed by atoms with Gasteiger partial charge in [0.1, 0.15) is 5.75 Å². The van der Waals surface area contributed by atoms with Crippen LogP contribution in [0.2, 0.25) is 5.02 Å². The van der Waals surface area contributed by atoms with Gasteiger partial charge in [0.25, 0.3) is 5.91 Å². The highest BCUT2D eigenvalue weighted by Gasteiger charge is 2.12. The van der Waals surface area contributed by atoms with Crippen LogP contribution in [0.5, 0.6) is 5.75 Å². The molecule has 0 saturated carbocycles. The van der Waals surface area contributed by atoms with Crippen LogP contribution in [0.3, 0.4) is 0 Å². The van der Waals surface area contributed by atoms with Crippen LogP contribution in [0.15, 0.2) is 48.5 Å². The minimum absolute atomic E-state index is 0.197. The van der Waals surface area contributed by atoms with E-state index in [4.69, 9.17) is 21.1 Å². The molecule has 2 aromatic carbocycles. The fraction of sp³-hybridized carbons (Fsp3) is 0.333. The lowest BCUT2D eigenvalue weighted by Crippen LogP contribution is -2.31. The molecule has 0 spiro atoms. The molecule has 0 unspecified atom stereocenters. The van der Waals surface area contributed by atoms with Crippen LogP contribution in [0.1, 0.15) is 36.9 Å². The molecule has 0 aliphatic carbocycles. The second kappa shape index (κ2) is 10.6. The monoisotopic (exact) mass is 389 g/mol. The molecule has 0 bridgehead atoms. The fourth-order valence-electron chi connectivity index (χ4n) is 2.40. The van der Waals surface area contributed by atoms with Gasteiger partial charge in [0, 0.05) is 11.4 Å². The molecule has 27 heavy (non-hydrogen) atoms. The molecule has 1 atom stereocenters. The highest BCUT2D eigenvalue weighted by Crippen LogP contribution is 2.17. The van der Waals surface area contributed by atoms with Gasteiger partial charge in [0.2, 0.25) is 0 Å². The molecule has 1 N–H and O–H groups in total. The van der Waals surface area contributed by atoms with Gasteiger partial charge in [-0.25, -0.2) is 0 Å². The Labute approximate surface area is 164 Å². The summed E-state index contributed by atoms with van der Waals surface area (Å²) in [5, 5.41) is 3.38. The zero-order valence-electron chi connectivity index (χ0n) is 15.5. The van der Waals surface area contributed by atoms with Crippen LogP contribution in [0.4, 0.5) is 0 Å². The molecule has 0 aliphatic heterocycles. The summed E-state index contributed by atoms with van der Waals surface area (Å²) in [5.41, 5.74) is 2.05. The van der Waals surface area contributed by atoms with Gasteiger partial charge < -0.3 is 14.8 Å². The lowest BCUT2D eigenvalue weighted by molar-refractivity contribution is -0.148. The molecule has 0 aliphatic rings. The molecule has 0 aromatic heterocycles. The van der Waals surface area contributed by atoms with E-state index in [0.717, 1.165) is 16.9 Å². The summed E-state index contributed by atoms with van der Waals surface area (Å²) in [6, 6.07) is 14.7. The number of hydrogen-bond acceptors (Lipinski definition) is 4. The number of halogens is 1. The molecule has 0 radical (unpaired) electrons. The van der Waals surface area contributed by atoms with Crippen LogP contribution in [-0.2, 0) is 14.3 Å². The Kier molecular flexibility index (Phi) is 8.14. The predicted molar refractivity (Wildman–Crippen MR) is 105 cm³/mol. The van der Waals surface area contributed by atoms with Gasteiger partial charge in [-0.1, -0.05) is 41.4 Å². The second-order valence-electron chi connectivity index (χ2n) is 6.27. The van der Waals surface area contributed by atoms with Gasteiger partial charge in [-0.3, -0.25) is 9.59 Å². The van der Waals surface area contributed by atoms with E-state index in [1.807, 2.05) is 50.2 Å². The molecular formula is C21H24ClNO4. The van der Waals surface area contributed by atoms with Crippen molar-refractivity contribution in [3.63, 3.8) is 0 Å². The van der Waals surface area contributed by atoms with Crippen molar-refractivity contribution in [2.45, 2.75) is 32.7 Å². The number of benzene rings is 2. The Morgan fingerprint density at radius 3 is 2.59 bits per heavy atom. The first-order valence-corrected chi connectivity index (χ1v) is 9.22. The highest BCUT2D eigenvalue weighted by molar-refractivity contribution is 6.30. The van der Waals surface area contributed by atoms with E-state index in [1.54, 1.807) is 12.1 Å². The van der Waals surface area contributed by atoms with Crippen molar-refractivity contribution in [2.24, 2.45) is 0 Å². The van der Waals surface area contributed by atoms with E-state index in [1.165, 1.54) is 0 Å². The van der Waals surface area contributed by atoms with Crippen molar-refractivity contribution in [3.8, 4) is 5.75 Å². The van der Waals surface area contributed by atoms with Crippen LogP contribution in [0, 0.1) is 6.92 Å². The van der Waals surface area contributed by atoms with Crippen molar-refractivity contribution in [3.05, 3.63) is 64.7 Å². The van der Waals surface area contributed by atoms with Crippen molar-refractivity contribution >= 4 is 23.5 Å². The van der Waals surface area contributed by atoms with Crippen LogP contribution in [-0.4, -0.2) is 25.1 Å². The number of aryl methyl sites for hydroxylation is 1. The maximum atomic E-state index is 11.9. The Balaban J connectivity index is 1.61.